The average molecular weight is 494 g/mol. The third-order valence-electron chi connectivity index (χ3n) is 6.22. The highest BCUT2D eigenvalue weighted by Crippen LogP contribution is 2.39. The third kappa shape index (κ3) is 3.17. The van der Waals surface area contributed by atoms with Crippen LogP contribution in [0.1, 0.15) is 24.7 Å². The van der Waals surface area contributed by atoms with E-state index in [2.05, 4.69) is 19.9 Å². The molecule has 1 saturated heterocycles. The molecule has 0 radical (unpaired) electrons. The minimum Gasteiger partial charge on any atom is -0.346 e. The summed E-state index contributed by atoms with van der Waals surface area (Å²) in [5.41, 5.74) is 1.44. The van der Waals surface area contributed by atoms with E-state index in [0.29, 0.717) is 45.0 Å². The second-order valence-electron chi connectivity index (χ2n) is 8.17. The van der Waals surface area contributed by atoms with Crippen LogP contribution >= 0.6 is 11.6 Å². The fourth-order valence-electron chi connectivity index (χ4n) is 4.74. The van der Waals surface area contributed by atoms with Crippen LogP contribution < -0.4 is 10.5 Å². The molecule has 6 rings (SSSR count). The Balaban J connectivity index is 1.60. The van der Waals surface area contributed by atoms with E-state index in [1.54, 1.807) is 33.8 Å². The molecule has 5 aromatic rings. The van der Waals surface area contributed by atoms with Gasteiger partial charge in [-0.1, -0.05) is 29.8 Å². The van der Waals surface area contributed by atoms with Gasteiger partial charge >= 0.3 is 0 Å². The largest absolute Gasteiger partial charge is 0.346 e. The number of nitrogens with zero attached hydrogens (tertiary/aromatic N) is 6. The second-order valence-corrected chi connectivity index (χ2v) is 9.93. The molecule has 34 heavy (non-hydrogen) atoms. The second kappa shape index (κ2) is 8.07. The van der Waals surface area contributed by atoms with Crippen molar-refractivity contribution in [1.82, 2.24) is 29.1 Å². The number of aromatic nitrogens is 6. The summed E-state index contributed by atoms with van der Waals surface area (Å²) in [6.45, 7) is 0.715. The molecule has 4 aromatic heterocycles. The molecule has 1 fully saturated rings. The highest BCUT2D eigenvalue weighted by Gasteiger charge is 2.34. The number of H-pyrrole nitrogens is 1. The van der Waals surface area contributed by atoms with E-state index >= 15 is 0 Å². The zero-order chi connectivity index (χ0) is 23.4. The van der Waals surface area contributed by atoms with Crippen LogP contribution in [0.5, 0.6) is 0 Å². The normalized spacial score (nSPS) is 17.1. The van der Waals surface area contributed by atoms with E-state index in [9.17, 15) is 9.00 Å². The number of aromatic amines is 1. The van der Waals surface area contributed by atoms with Gasteiger partial charge in [0.2, 0.25) is 0 Å². The summed E-state index contributed by atoms with van der Waals surface area (Å²) < 4.78 is 15.6. The Hall–Kier alpha value is -3.50. The standard InChI is InChI=1S/C23H20ClN7O2S/c1-34(33)17-12-25-20-18(17)22(27-13-26-20)29-10-5-8-16(29)21-28-30-11-9-15(24)19(30)23(32)31(21)14-6-3-2-4-7-14/h2-4,6-7,9,11-13,16H,5,8,10H2,1H3,(H,25,26,27)/t16-,34?/m0/s1. The highest BCUT2D eigenvalue weighted by molar-refractivity contribution is 7.84. The van der Waals surface area contributed by atoms with Crippen molar-refractivity contribution in [2.75, 3.05) is 17.7 Å². The van der Waals surface area contributed by atoms with Crippen LogP contribution in [0.2, 0.25) is 5.02 Å². The topological polar surface area (TPSA) is 101 Å². The van der Waals surface area contributed by atoms with Crippen molar-refractivity contribution in [1.29, 1.82) is 0 Å². The SMILES string of the molecule is CS(=O)c1c[nH]c2ncnc(N3CCC[C@H]3c3nn4ccc(Cl)c4c(=O)n3-c3ccccc3)c12. The van der Waals surface area contributed by atoms with Gasteiger partial charge in [0.25, 0.3) is 5.56 Å². The van der Waals surface area contributed by atoms with Gasteiger partial charge in [0.1, 0.15) is 23.3 Å². The van der Waals surface area contributed by atoms with Crippen LogP contribution in [0.15, 0.2) is 64.8 Å². The first kappa shape index (κ1) is 21.1. The van der Waals surface area contributed by atoms with Gasteiger partial charge in [-0.15, -0.1) is 0 Å². The monoisotopic (exact) mass is 493 g/mol. The number of hydrogen-bond acceptors (Lipinski definition) is 6. The summed E-state index contributed by atoms with van der Waals surface area (Å²) in [6, 6.07) is 10.9. The summed E-state index contributed by atoms with van der Waals surface area (Å²) in [6.07, 6.45) is 8.22. The summed E-state index contributed by atoms with van der Waals surface area (Å²) in [7, 11) is -1.22. The molecular formula is C23H20ClN7O2S. The van der Waals surface area contributed by atoms with Gasteiger partial charge < -0.3 is 9.88 Å². The quantitative estimate of drug-likeness (QED) is 0.411. The Morgan fingerprint density at radius 3 is 2.79 bits per heavy atom. The van der Waals surface area contributed by atoms with Gasteiger partial charge in [-0.2, -0.15) is 5.10 Å². The van der Waals surface area contributed by atoms with Crippen molar-refractivity contribution in [3.8, 4) is 5.69 Å². The predicted octanol–water partition coefficient (Wildman–Crippen LogP) is 3.49. The molecule has 172 valence electrons. The van der Waals surface area contributed by atoms with Crippen LogP contribution in [0.4, 0.5) is 5.82 Å². The zero-order valence-electron chi connectivity index (χ0n) is 18.2. The van der Waals surface area contributed by atoms with E-state index in [-0.39, 0.29) is 11.6 Å². The number of hydrogen-bond donors (Lipinski definition) is 1. The number of rotatable bonds is 4. The van der Waals surface area contributed by atoms with Crippen molar-refractivity contribution < 1.29 is 4.21 Å². The fraction of sp³-hybridized carbons (Fsp3) is 0.217. The molecule has 0 aliphatic carbocycles. The number of anilines is 1. The van der Waals surface area contributed by atoms with E-state index in [0.717, 1.165) is 18.2 Å². The summed E-state index contributed by atoms with van der Waals surface area (Å²) in [5.74, 6) is 1.27. The van der Waals surface area contributed by atoms with Crippen molar-refractivity contribution in [3.05, 3.63) is 76.3 Å². The maximum absolute atomic E-state index is 13.7. The van der Waals surface area contributed by atoms with Crippen LogP contribution in [-0.2, 0) is 10.8 Å². The molecule has 0 bridgehead atoms. The van der Waals surface area contributed by atoms with Gasteiger partial charge in [0.05, 0.1) is 37.8 Å². The lowest BCUT2D eigenvalue weighted by Gasteiger charge is -2.27. The van der Waals surface area contributed by atoms with Crippen LogP contribution in [-0.4, -0.2) is 46.1 Å². The number of halogens is 1. The van der Waals surface area contributed by atoms with Gasteiger partial charge in [-0.25, -0.2) is 14.5 Å². The molecule has 1 aliphatic heterocycles. The maximum Gasteiger partial charge on any atom is 0.284 e. The molecule has 1 N–H and O–H groups in total. The molecule has 0 amide bonds. The number of benzene rings is 1. The van der Waals surface area contributed by atoms with Crippen LogP contribution in [0.3, 0.4) is 0 Å². The van der Waals surface area contributed by atoms with Crippen molar-refractivity contribution >= 4 is 44.8 Å². The number of para-hydroxylation sites is 1. The number of nitrogens with one attached hydrogen (secondary N) is 1. The lowest BCUT2D eigenvalue weighted by Crippen LogP contribution is -2.33. The summed E-state index contributed by atoms with van der Waals surface area (Å²) in [5, 5.41) is 5.95. The summed E-state index contributed by atoms with van der Waals surface area (Å²) >= 11 is 6.34. The lowest BCUT2D eigenvalue weighted by molar-refractivity contribution is 0.602. The van der Waals surface area contributed by atoms with Gasteiger partial charge in [0, 0.05) is 25.2 Å². The Morgan fingerprint density at radius 1 is 1.18 bits per heavy atom. The van der Waals surface area contributed by atoms with Gasteiger partial charge in [-0.05, 0) is 31.0 Å². The molecule has 5 heterocycles. The Kier molecular flexibility index (Phi) is 5.00. The minimum atomic E-state index is -1.22. The first-order valence-corrected chi connectivity index (χ1v) is 12.8. The Labute approximate surface area is 201 Å². The molecule has 1 aliphatic rings. The molecule has 1 unspecified atom stereocenters. The maximum atomic E-state index is 13.7. The minimum absolute atomic E-state index is 0.232. The van der Waals surface area contributed by atoms with Gasteiger partial charge in [-0.3, -0.25) is 13.6 Å². The first-order valence-electron chi connectivity index (χ1n) is 10.8. The molecular weight excluding hydrogens is 474 g/mol. The van der Waals surface area contributed by atoms with E-state index < -0.39 is 10.8 Å². The smallest absolute Gasteiger partial charge is 0.284 e. The Morgan fingerprint density at radius 2 is 2.00 bits per heavy atom. The highest BCUT2D eigenvalue weighted by atomic mass is 35.5. The molecule has 0 spiro atoms. The molecule has 1 aromatic carbocycles. The lowest BCUT2D eigenvalue weighted by atomic mass is 10.2. The van der Waals surface area contributed by atoms with Crippen LogP contribution in [0.25, 0.3) is 22.2 Å². The fourth-order valence-corrected chi connectivity index (χ4v) is 5.67. The average Bonchev–Trinajstić information content (AvgIpc) is 3.57. The van der Waals surface area contributed by atoms with Crippen molar-refractivity contribution in [2.45, 2.75) is 23.8 Å². The molecule has 2 atom stereocenters. The van der Waals surface area contributed by atoms with E-state index in [4.69, 9.17) is 16.7 Å². The predicted molar refractivity (Wildman–Crippen MR) is 131 cm³/mol. The number of fused-ring (bicyclic) bond motifs is 2. The van der Waals surface area contributed by atoms with E-state index in [1.165, 1.54) is 6.33 Å². The van der Waals surface area contributed by atoms with Crippen molar-refractivity contribution in [3.63, 3.8) is 0 Å². The Bertz CT molecular complexity index is 1630. The van der Waals surface area contributed by atoms with Crippen LogP contribution in [0, 0.1) is 0 Å². The van der Waals surface area contributed by atoms with Gasteiger partial charge in [0.15, 0.2) is 5.82 Å². The molecule has 9 nitrogen and oxygen atoms in total. The molecule has 0 saturated carbocycles. The van der Waals surface area contributed by atoms with Crippen molar-refractivity contribution in [2.24, 2.45) is 0 Å². The summed E-state index contributed by atoms with van der Waals surface area (Å²) in [4.78, 5) is 28.5. The first-order chi connectivity index (χ1) is 16.5. The molecule has 11 heteroatoms. The van der Waals surface area contributed by atoms with E-state index in [1.807, 2.05) is 30.3 Å². The third-order valence-corrected chi connectivity index (χ3v) is 7.47. The zero-order valence-corrected chi connectivity index (χ0v) is 19.8.